The van der Waals surface area contributed by atoms with Crippen molar-refractivity contribution in [1.82, 2.24) is 36.4 Å². The predicted molar refractivity (Wildman–Crippen MR) is 242 cm³/mol. The van der Waals surface area contributed by atoms with Gasteiger partial charge in [-0.1, -0.05) is 43.3 Å². The molecule has 3 aliphatic heterocycles. The van der Waals surface area contributed by atoms with E-state index in [2.05, 4.69) is 30.6 Å². The van der Waals surface area contributed by atoms with Gasteiger partial charge in [0.05, 0.1) is 30.8 Å². The third kappa shape index (κ3) is 16.0. The summed E-state index contributed by atoms with van der Waals surface area (Å²) in [4.78, 5) is 112. The minimum atomic E-state index is -2.56. The molecule has 15 atom stereocenters. The second kappa shape index (κ2) is 28.0. The van der Waals surface area contributed by atoms with E-state index in [1.54, 1.807) is 30.3 Å². The number of aromatic hydroxyl groups is 1. The molecule has 3 fully saturated rings. The smallest absolute Gasteiger partial charge is 0.691 e. The maximum atomic E-state index is 14.5. The Morgan fingerprint density at radius 1 is 0.840 bits per heavy atom. The van der Waals surface area contributed by atoms with Crippen LogP contribution < -0.4 is 71.3 Å². The van der Waals surface area contributed by atoms with Gasteiger partial charge in [0.2, 0.25) is 41.4 Å². The number of aliphatic hydroxyl groups excluding tert-OH is 8. The van der Waals surface area contributed by atoms with Crippen LogP contribution in [0.1, 0.15) is 50.3 Å². The van der Waals surface area contributed by atoms with Crippen molar-refractivity contribution in [3.05, 3.63) is 59.7 Å². The number of carbonyl (C=O) groups excluding carboxylic acids is 8. The zero-order chi connectivity index (χ0) is 54.7. The Kier molecular flexibility index (Phi) is 23.2. The number of hydrogen-bond acceptors (Lipinski definition) is 23. The number of hydrogen-bond donors (Lipinski definition) is 15. The van der Waals surface area contributed by atoms with Gasteiger partial charge >= 0.3 is 35.7 Å². The maximum Gasteiger partial charge on any atom is 1.00 e. The molecule has 0 spiro atoms. The third-order valence-electron chi connectivity index (χ3n) is 12.3. The topological polar surface area (TPSA) is 471 Å². The predicted octanol–water partition coefficient (Wildman–Crippen LogP) is -10.3. The molecule has 0 aromatic heterocycles. The first-order chi connectivity index (χ1) is 34.9. The number of aliphatic hydroxyl groups is 8. The summed E-state index contributed by atoms with van der Waals surface area (Å²) in [5, 5.41) is 124. The summed E-state index contributed by atoms with van der Waals surface area (Å²) in [5.41, 5.74) is 5.44. The first kappa shape index (κ1) is 62.1. The molecule has 0 bridgehead atoms. The molecule has 0 aliphatic carbocycles. The number of alkyl carbamates (subject to hydrolysis) is 1. The summed E-state index contributed by atoms with van der Waals surface area (Å²) in [5.74, 6) is -11.8. The van der Waals surface area contributed by atoms with Gasteiger partial charge in [0.1, 0.15) is 61.2 Å². The molecule has 30 nitrogen and oxygen atoms in total. The molecule has 0 radical (unpaired) electrons. The van der Waals surface area contributed by atoms with Crippen molar-refractivity contribution < 1.29 is 137 Å². The van der Waals surface area contributed by atoms with Gasteiger partial charge in [-0.05, 0) is 30.2 Å². The van der Waals surface area contributed by atoms with Crippen LogP contribution in [0.2, 0.25) is 0 Å². The number of fused-ring (bicyclic) bond motifs is 2. The van der Waals surface area contributed by atoms with Gasteiger partial charge in [-0.2, -0.15) is 0 Å². The molecule has 8 amide bonds. The Morgan fingerprint density at radius 2 is 1.48 bits per heavy atom. The van der Waals surface area contributed by atoms with Crippen LogP contribution in [0.4, 0.5) is 4.79 Å². The maximum absolute atomic E-state index is 14.5. The molecule has 32 heteroatoms. The molecule has 15 unspecified atom stereocenters. The molecule has 0 saturated carbocycles. The van der Waals surface area contributed by atoms with Crippen LogP contribution >= 0.6 is 12.3 Å². The summed E-state index contributed by atoms with van der Waals surface area (Å²) in [7, 11) is 0. The monoisotopic (exact) mass is 1090 g/mol. The molecule has 3 saturated heterocycles. The van der Waals surface area contributed by atoms with Crippen LogP contribution in [0.3, 0.4) is 0 Å². The number of phenols is 1. The van der Waals surface area contributed by atoms with E-state index in [4.69, 9.17) is 14.7 Å². The summed E-state index contributed by atoms with van der Waals surface area (Å²) in [6.07, 6.45) is -20.8. The van der Waals surface area contributed by atoms with E-state index in [1.807, 2.05) is 5.32 Å². The van der Waals surface area contributed by atoms with E-state index in [0.29, 0.717) is 15.4 Å². The SMILES string of the molecule is CC(O)C1NC(=O)C(NC(=O)OCc2ccccc2)CC(O)C(O)NC(=O)C2C(O)C(C)CN2C(=O)C(C(O)CC(N)=O)NC(=O)C(C(O)C(O)c2ccc(O)c(OSOO[O-])c2)NC(=O)C2CC(O)CN2C1=O.[Na+]. The first-order valence-electron chi connectivity index (χ1n) is 22.6. The standard InChI is InChI=1S/C43H58N8O22S.Na/c1-17-14-51-32(33(17)58)40(65)49-38(63)26(56)12-22(45-43(68)70-16-19-6-4-3-5-7-19)36(61)46-29(18(2)52)41(66)50-15-21(53)11-23(50)37(62)48-31(39(64)47-30(42(51)67)25(55)13-28(44)57)35(60)34(59)20-8-9-24(54)27(10-20)71-74-73-72-69;/h3-10,17-18,21-23,25-26,29-35,38,52-56,58-60,63,69H,11-16H2,1-2H3,(H2,44,57)(H,45,68)(H,46,61)(H,47,64)(H,48,62)(H,49,65);/q;+1/p-1. The molecular weight excluding hydrogens is 1040 g/mol. The van der Waals surface area contributed by atoms with Crippen molar-refractivity contribution in [3.8, 4) is 11.5 Å². The van der Waals surface area contributed by atoms with E-state index < -0.39 is 182 Å². The number of phenolic OH excluding ortho intramolecular Hbond substituents is 1. The fraction of sp³-hybridized carbons (Fsp3) is 0.535. The number of amides is 8. The molecule has 5 rings (SSSR count). The fourth-order valence-electron chi connectivity index (χ4n) is 8.36. The fourth-order valence-corrected chi connectivity index (χ4v) is 8.62. The van der Waals surface area contributed by atoms with Crippen LogP contribution in [0.25, 0.3) is 0 Å². The number of nitrogens with one attached hydrogen (secondary N) is 5. The zero-order valence-electron chi connectivity index (χ0n) is 40.2. The Labute approximate surface area is 452 Å². The molecule has 75 heavy (non-hydrogen) atoms. The third-order valence-corrected chi connectivity index (χ3v) is 12.6. The summed E-state index contributed by atoms with van der Waals surface area (Å²) >= 11 is -0.0983. The normalized spacial score (nSPS) is 28.8. The Hall–Kier alpha value is -5.49. The number of rotatable bonds is 14. The largest absolute Gasteiger partial charge is 1.00 e. The first-order valence-corrected chi connectivity index (χ1v) is 23.3. The number of benzene rings is 2. The Balaban J connectivity index is 0.0000122. The summed E-state index contributed by atoms with van der Waals surface area (Å²) in [6, 6.07) is -1.80. The van der Waals surface area contributed by atoms with Crippen molar-refractivity contribution in [2.24, 2.45) is 11.7 Å². The second-order valence-electron chi connectivity index (χ2n) is 17.7. The van der Waals surface area contributed by atoms with E-state index >= 15 is 0 Å². The minimum absolute atomic E-state index is 0. The Bertz CT molecular complexity index is 2350. The summed E-state index contributed by atoms with van der Waals surface area (Å²) in [6.45, 7) is 0.856. The average molecular weight is 1090 g/mol. The van der Waals surface area contributed by atoms with E-state index in [-0.39, 0.29) is 54.1 Å². The Morgan fingerprint density at radius 3 is 2.12 bits per heavy atom. The van der Waals surface area contributed by atoms with E-state index in [9.17, 15) is 89.6 Å². The van der Waals surface area contributed by atoms with Gasteiger partial charge in [-0.15, -0.1) is 4.33 Å². The average Bonchev–Trinajstić information content (AvgIpc) is 3.90. The molecule has 3 heterocycles. The summed E-state index contributed by atoms with van der Waals surface area (Å²) < 4.78 is 14.2. The van der Waals surface area contributed by atoms with Gasteiger partial charge < -0.3 is 102 Å². The number of nitrogens with zero attached hydrogens (tertiary/aromatic N) is 2. The van der Waals surface area contributed by atoms with Gasteiger partial charge in [0.25, 0.3) is 12.3 Å². The molecule has 3 aliphatic rings. The van der Waals surface area contributed by atoms with Gasteiger partial charge in [-0.25, -0.2) is 4.79 Å². The number of primary amides is 1. The van der Waals surface area contributed by atoms with Crippen LogP contribution in [-0.4, -0.2) is 195 Å². The van der Waals surface area contributed by atoms with Crippen LogP contribution in [0.15, 0.2) is 48.5 Å². The van der Waals surface area contributed by atoms with E-state index in [1.165, 1.54) is 6.92 Å². The van der Waals surface area contributed by atoms with Crippen molar-refractivity contribution >= 4 is 59.8 Å². The van der Waals surface area contributed by atoms with Crippen molar-refractivity contribution in [1.29, 1.82) is 0 Å². The number of nitrogens with two attached hydrogens (primary N) is 1. The van der Waals surface area contributed by atoms with Gasteiger partial charge in [0.15, 0.2) is 17.7 Å². The second-order valence-corrected chi connectivity index (χ2v) is 18.1. The van der Waals surface area contributed by atoms with Crippen molar-refractivity contribution in [3.63, 3.8) is 0 Å². The van der Waals surface area contributed by atoms with Crippen molar-refractivity contribution in [2.75, 3.05) is 13.1 Å². The molecule has 408 valence electrons. The molecule has 2 aromatic rings. The quantitative estimate of drug-likeness (QED) is 0.0275. The number of ether oxygens (including phenoxy) is 1. The number of carbonyl (C=O) groups is 8. The molecular formula is C43H57N8NaO22S. The van der Waals surface area contributed by atoms with Gasteiger partial charge in [-0.3, -0.25) is 38.6 Å². The van der Waals surface area contributed by atoms with Crippen LogP contribution in [-0.2, 0) is 54.3 Å². The van der Waals surface area contributed by atoms with E-state index in [0.717, 1.165) is 25.1 Å². The minimum Gasteiger partial charge on any atom is -0.691 e. The van der Waals surface area contributed by atoms with Gasteiger partial charge in [0, 0.05) is 31.8 Å². The van der Waals surface area contributed by atoms with Crippen LogP contribution in [0.5, 0.6) is 11.5 Å². The van der Waals surface area contributed by atoms with Crippen LogP contribution in [0, 0.1) is 5.92 Å². The zero-order valence-corrected chi connectivity index (χ0v) is 43.1. The molecule has 2 aromatic carbocycles. The molecule has 16 N–H and O–H groups in total. The van der Waals surface area contributed by atoms with Crippen molar-refractivity contribution in [2.45, 2.75) is 125 Å².